The predicted molar refractivity (Wildman–Crippen MR) is 294 cm³/mol. The number of rotatable bonds is 46. The van der Waals surface area contributed by atoms with Crippen molar-refractivity contribution in [3.63, 3.8) is 0 Å². The van der Waals surface area contributed by atoms with Crippen molar-refractivity contribution < 1.29 is 39.8 Å². The lowest BCUT2D eigenvalue weighted by Gasteiger charge is -2.40. The number of ether oxygens (including phenoxy) is 2. The Balaban J connectivity index is 2.04. The van der Waals surface area contributed by atoms with Gasteiger partial charge in [0.25, 0.3) is 0 Å². The molecule has 0 aromatic heterocycles. The zero-order valence-electron chi connectivity index (χ0n) is 44.2. The second kappa shape index (κ2) is 49.4. The quantitative estimate of drug-likeness (QED) is 0.0261. The van der Waals surface area contributed by atoms with Crippen LogP contribution in [0.2, 0.25) is 0 Å². The predicted octanol–water partition coefficient (Wildman–Crippen LogP) is 13.8. The largest absolute Gasteiger partial charge is 0.394 e. The molecule has 1 amide bonds. The van der Waals surface area contributed by atoms with Crippen LogP contribution in [0.15, 0.2) is 109 Å². The molecule has 70 heavy (non-hydrogen) atoms. The molecule has 0 aromatic carbocycles. The summed E-state index contributed by atoms with van der Waals surface area (Å²) >= 11 is 0. The summed E-state index contributed by atoms with van der Waals surface area (Å²) in [5.41, 5.74) is 0. The smallest absolute Gasteiger partial charge is 0.220 e. The maximum atomic E-state index is 13.0. The first-order valence-corrected chi connectivity index (χ1v) is 28.1. The topological polar surface area (TPSA) is 149 Å². The molecule has 1 aliphatic heterocycles. The van der Waals surface area contributed by atoms with Crippen molar-refractivity contribution in [2.45, 2.75) is 256 Å². The summed E-state index contributed by atoms with van der Waals surface area (Å²) in [6, 6.07) is -0.823. The van der Waals surface area contributed by atoms with Crippen LogP contribution < -0.4 is 5.32 Å². The van der Waals surface area contributed by atoms with Crippen LogP contribution in [0.1, 0.15) is 213 Å². The highest BCUT2D eigenvalue weighted by Crippen LogP contribution is 2.23. The van der Waals surface area contributed by atoms with E-state index in [1.54, 1.807) is 6.08 Å². The number of carbonyl (C=O) groups excluding carboxylic acids is 1. The lowest BCUT2D eigenvalue weighted by atomic mass is 9.99. The number of allylic oxidation sites excluding steroid dienone is 17. The number of hydrogen-bond donors (Lipinski definition) is 6. The fourth-order valence-corrected chi connectivity index (χ4v) is 8.14. The molecule has 0 bridgehead atoms. The summed E-state index contributed by atoms with van der Waals surface area (Å²) in [6.45, 7) is 3.55. The third-order valence-corrected chi connectivity index (χ3v) is 12.6. The minimum Gasteiger partial charge on any atom is -0.394 e. The third kappa shape index (κ3) is 38.5. The molecule has 9 nitrogen and oxygen atoms in total. The summed E-state index contributed by atoms with van der Waals surface area (Å²) in [4.78, 5) is 13.0. The highest BCUT2D eigenvalue weighted by Gasteiger charge is 2.44. The molecule has 400 valence electrons. The molecule has 1 heterocycles. The van der Waals surface area contributed by atoms with E-state index in [4.69, 9.17) is 9.47 Å². The van der Waals surface area contributed by atoms with E-state index in [0.717, 1.165) is 96.3 Å². The lowest BCUT2D eigenvalue weighted by molar-refractivity contribution is -0.302. The summed E-state index contributed by atoms with van der Waals surface area (Å²) < 4.78 is 11.2. The van der Waals surface area contributed by atoms with E-state index in [1.807, 2.05) is 6.08 Å². The summed E-state index contributed by atoms with van der Waals surface area (Å²) in [6.07, 6.45) is 66.3. The van der Waals surface area contributed by atoms with Gasteiger partial charge in [0.15, 0.2) is 6.29 Å². The maximum Gasteiger partial charge on any atom is 0.220 e. The molecule has 1 fully saturated rings. The van der Waals surface area contributed by atoms with E-state index in [1.165, 1.54) is 96.3 Å². The molecule has 0 saturated carbocycles. The Labute approximate surface area is 427 Å². The van der Waals surface area contributed by atoms with Crippen LogP contribution in [0.5, 0.6) is 0 Å². The van der Waals surface area contributed by atoms with E-state index >= 15 is 0 Å². The van der Waals surface area contributed by atoms with Gasteiger partial charge in [-0.2, -0.15) is 0 Å². The second-order valence-electron chi connectivity index (χ2n) is 19.0. The molecule has 1 saturated heterocycles. The van der Waals surface area contributed by atoms with Gasteiger partial charge in [-0.3, -0.25) is 4.79 Å². The van der Waals surface area contributed by atoms with Gasteiger partial charge in [-0.15, -0.1) is 0 Å². The number of unbranched alkanes of at least 4 members (excludes halogenated alkanes) is 20. The Morgan fingerprint density at radius 3 is 1.37 bits per heavy atom. The number of nitrogens with one attached hydrogen (secondary N) is 1. The monoisotopic (exact) mass is 978 g/mol. The Morgan fingerprint density at radius 2 is 0.900 bits per heavy atom. The van der Waals surface area contributed by atoms with Crippen molar-refractivity contribution in [3.05, 3.63) is 109 Å². The lowest BCUT2D eigenvalue weighted by Crippen LogP contribution is -2.60. The number of amides is 1. The second-order valence-corrected chi connectivity index (χ2v) is 19.0. The van der Waals surface area contributed by atoms with Crippen molar-refractivity contribution in [3.8, 4) is 0 Å². The number of aliphatic hydroxyl groups is 5. The van der Waals surface area contributed by atoms with Gasteiger partial charge < -0.3 is 40.3 Å². The van der Waals surface area contributed by atoms with Gasteiger partial charge in [-0.05, 0) is 83.5 Å². The first-order valence-electron chi connectivity index (χ1n) is 28.1. The SMILES string of the molecule is CC/C=C\C/C=C\C/C=C\C/C=C\C/C=C\C/C=C\C/C=C\CCCCCCCCCCCCCCCCCCCC(=O)NC(COC1OC(CO)C(O)C(O)C1O)C(O)/C=C/CC/C=C/CCCC. The minimum atomic E-state index is -1.57. The zero-order chi connectivity index (χ0) is 50.8. The van der Waals surface area contributed by atoms with Gasteiger partial charge >= 0.3 is 0 Å². The Kier molecular flexibility index (Phi) is 45.8. The number of carbonyl (C=O) groups is 1. The van der Waals surface area contributed by atoms with Gasteiger partial charge in [0.1, 0.15) is 24.4 Å². The Morgan fingerprint density at radius 1 is 0.500 bits per heavy atom. The molecule has 0 spiro atoms. The van der Waals surface area contributed by atoms with Crippen LogP contribution in [0.3, 0.4) is 0 Å². The average molecular weight is 978 g/mol. The molecule has 6 N–H and O–H groups in total. The van der Waals surface area contributed by atoms with Gasteiger partial charge in [-0.1, -0.05) is 232 Å². The fraction of sp³-hybridized carbons (Fsp3) is 0.689. The minimum absolute atomic E-state index is 0.193. The molecular formula is C61H103NO8. The van der Waals surface area contributed by atoms with Crippen LogP contribution in [-0.2, 0) is 14.3 Å². The Bertz CT molecular complexity index is 1460. The molecular weight excluding hydrogens is 875 g/mol. The Hall–Kier alpha value is -3.15. The van der Waals surface area contributed by atoms with E-state index in [-0.39, 0.29) is 12.5 Å². The molecule has 7 atom stereocenters. The van der Waals surface area contributed by atoms with Gasteiger partial charge in [0, 0.05) is 6.42 Å². The summed E-state index contributed by atoms with van der Waals surface area (Å²) in [5, 5.41) is 54.1. The standard InChI is InChI=1S/C61H103NO8/c1-3-5-7-9-11-13-14-15-16-17-18-19-20-21-22-23-24-25-26-27-28-29-30-31-32-33-34-35-36-37-38-39-40-41-42-43-45-47-49-51-57(65)62-54(55(64)50-48-46-44-12-10-8-6-4-2)53-69-61-60(68)59(67)58(66)56(52-63)70-61/h5,7,10-13,15-16,18-19,21-22,24-25,27-28,48,50,54-56,58-61,63-64,66-68H,3-4,6,8-9,14,17,20,23,26,29-47,49,51-53H2,1-2H3,(H,62,65)/b7-5-,12-10+,13-11-,16-15-,19-18-,22-21-,25-24-,28-27-,50-48+. The summed E-state index contributed by atoms with van der Waals surface area (Å²) in [5.74, 6) is -0.193. The summed E-state index contributed by atoms with van der Waals surface area (Å²) in [7, 11) is 0. The van der Waals surface area contributed by atoms with E-state index in [9.17, 15) is 30.3 Å². The molecule has 7 unspecified atom stereocenters. The van der Waals surface area contributed by atoms with Crippen molar-refractivity contribution in [1.82, 2.24) is 5.32 Å². The molecule has 0 radical (unpaired) electrons. The zero-order valence-corrected chi connectivity index (χ0v) is 44.2. The first-order chi connectivity index (χ1) is 34.3. The maximum absolute atomic E-state index is 13.0. The van der Waals surface area contributed by atoms with Gasteiger partial charge in [-0.25, -0.2) is 0 Å². The van der Waals surface area contributed by atoms with Gasteiger partial charge in [0.05, 0.1) is 25.4 Å². The number of aliphatic hydroxyl groups excluding tert-OH is 5. The van der Waals surface area contributed by atoms with Crippen LogP contribution >= 0.6 is 0 Å². The molecule has 9 heteroatoms. The highest BCUT2D eigenvalue weighted by molar-refractivity contribution is 5.76. The number of hydrogen-bond acceptors (Lipinski definition) is 8. The van der Waals surface area contributed by atoms with Crippen LogP contribution in [0.25, 0.3) is 0 Å². The van der Waals surface area contributed by atoms with E-state index < -0.39 is 49.5 Å². The van der Waals surface area contributed by atoms with Crippen LogP contribution in [0.4, 0.5) is 0 Å². The molecule has 0 aromatic rings. The average Bonchev–Trinajstić information content (AvgIpc) is 3.36. The van der Waals surface area contributed by atoms with Gasteiger partial charge in [0.2, 0.25) is 5.91 Å². The first kappa shape index (κ1) is 64.9. The third-order valence-electron chi connectivity index (χ3n) is 12.6. The van der Waals surface area contributed by atoms with E-state index in [0.29, 0.717) is 6.42 Å². The molecule has 0 aliphatic carbocycles. The highest BCUT2D eigenvalue weighted by atomic mass is 16.7. The van der Waals surface area contributed by atoms with Crippen LogP contribution in [0, 0.1) is 0 Å². The van der Waals surface area contributed by atoms with Crippen molar-refractivity contribution >= 4 is 5.91 Å². The van der Waals surface area contributed by atoms with Crippen molar-refractivity contribution in [2.24, 2.45) is 0 Å². The normalized spacial score (nSPS) is 20.2. The van der Waals surface area contributed by atoms with Crippen LogP contribution in [-0.4, -0.2) is 87.5 Å². The van der Waals surface area contributed by atoms with Crippen molar-refractivity contribution in [1.29, 1.82) is 0 Å². The fourth-order valence-electron chi connectivity index (χ4n) is 8.14. The molecule has 1 aliphatic rings. The van der Waals surface area contributed by atoms with Crippen molar-refractivity contribution in [2.75, 3.05) is 13.2 Å². The molecule has 1 rings (SSSR count). The van der Waals surface area contributed by atoms with E-state index in [2.05, 4.69) is 116 Å².